The van der Waals surface area contributed by atoms with E-state index in [4.69, 9.17) is 10.8 Å². The third kappa shape index (κ3) is 18.3. The first kappa shape index (κ1) is 24.7. The highest BCUT2D eigenvalue weighted by molar-refractivity contribution is 7.80. The fraction of sp³-hybridized carbons (Fsp3) is 0.947. The Labute approximate surface area is 159 Å². The van der Waals surface area contributed by atoms with Gasteiger partial charge in [0.25, 0.3) is 0 Å². The number of aliphatic hydroxyl groups excluding tert-OH is 1. The molecule has 5 nitrogen and oxygen atoms in total. The summed E-state index contributed by atoms with van der Waals surface area (Å²) >= 11 is 4.12. The van der Waals surface area contributed by atoms with Crippen LogP contribution in [0.1, 0.15) is 89.9 Å². The minimum absolute atomic E-state index is 0.227. The van der Waals surface area contributed by atoms with E-state index in [9.17, 15) is 9.90 Å². The first-order valence-electron chi connectivity index (χ1n) is 10.1. The van der Waals surface area contributed by atoms with E-state index in [-0.39, 0.29) is 6.04 Å². The Morgan fingerprint density at radius 2 is 1.32 bits per heavy atom. The molecule has 0 aliphatic heterocycles. The van der Waals surface area contributed by atoms with Gasteiger partial charge in [-0.25, -0.2) is 0 Å². The highest BCUT2D eigenvalue weighted by Gasteiger charge is 2.12. The minimum Gasteiger partial charge on any atom is -0.481 e. The van der Waals surface area contributed by atoms with Crippen molar-refractivity contribution in [3.05, 3.63) is 0 Å². The molecule has 0 aromatic rings. The zero-order valence-corrected chi connectivity index (χ0v) is 16.7. The Kier molecular flexibility index (Phi) is 18.3. The van der Waals surface area contributed by atoms with Crippen molar-refractivity contribution < 1.29 is 15.0 Å². The van der Waals surface area contributed by atoms with E-state index in [0.717, 1.165) is 32.2 Å². The second-order valence-electron chi connectivity index (χ2n) is 6.96. The van der Waals surface area contributed by atoms with Crippen molar-refractivity contribution in [2.75, 3.05) is 12.3 Å². The zero-order valence-electron chi connectivity index (χ0n) is 15.8. The van der Waals surface area contributed by atoms with Crippen LogP contribution in [0.25, 0.3) is 0 Å². The molecule has 2 unspecified atom stereocenters. The van der Waals surface area contributed by atoms with Crippen molar-refractivity contribution in [2.45, 2.75) is 102 Å². The Balaban J connectivity index is 3.15. The van der Waals surface area contributed by atoms with Gasteiger partial charge < -0.3 is 15.9 Å². The molecule has 0 spiro atoms. The summed E-state index contributed by atoms with van der Waals surface area (Å²) in [5.41, 5.74) is 5.81. The maximum Gasteiger partial charge on any atom is 0.303 e. The fourth-order valence-electron chi connectivity index (χ4n) is 2.88. The molecular formula is C19H40N2O3S. The third-order valence-corrected chi connectivity index (χ3v) is 4.80. The topological polar surface area (TPSA) is 95.6 Å². The van der Waals surface area contributed by atoms with Gasteiger partial charge in [0, 0.05) is 12.5 Å². The summed E-state index contributed by atoms with van der Waals surface area (Å²) in [7, 11) is 0. The van der Waals surface area contributed by atoms with Crippen molar-refractivity contribution in [1.82, 2.24) is 5.32 Å². The lowest BCUT2D eigenvalue weighted by Crippen LogP contribution is -2.45. The average Bonchev–Trinajstić information content (AvgIpc) is 2.58. The molecule has 0 rings (SSSR count). The molecule has 0 heterocycles. The molecule has 0 aliphatic carbocycles. The zero-order chi connectivity index (χ0) is 18.8. The molecule has 0 bridgehead atoms. The molecular weight excluding hydrogens is 336 g/mol. The number of unbranched alkanes of at least 4 members (excludes halogenated alkanes) is 11. The average molecular weight is 377 g/mol. The smallest absolute Gasteiger partial charge is 0.303 e. The van der Waals surface area contributed by atoms with E-state index >= 15 is 0 Å². The molecule has 150 valence electrons. The van der Waals surface area contributed by atoms with Crippen LogP contribution >= 0.6 is 12.6 Å². The van der Waals surface area contributed by atoms with E-state index < -0.39 is 12.2 Å². The van der Waals surface area contributed by atoms with Gasteiger partial charge in [-0.3, -0.25) is 10.1 Å². The number of thiol groups is 1. The highest BCUT2D eigenvalue weighted by atomic mass is 32.1. The first-order valence-corrected chi connectivity index (χ1v) is 10.7. The number of aliphatic carboxylic acids is 1. The van der Waals surface area contributed by atoms with Crippen LogP contribution in [-0.4, -0.2) is 40.7 Å². The van der Waals surface area contributed by atoms with Gasteiger partial charge in [0.2, 0.25) is 0 Å². The lowest BCUT2D eigenvalue weighted by molar-refractivity contribution is -0.137. The SMILES string of the molecule is NC(CCS)C(O)NCCCCCCCCCCCCCCC(=O)O. The van der Waals surface area contributed by atoms with Gasteiger partial charge in [0.1, 0.15) is 6.23 Å². The molecule has 0 aromatic heterocycles. The van der Waals surface area contributed by atoms with Gasteiger partial charge in [-0.1, -0.05) is 64.2 Å². The van der Waals surface area contributed by atoms with Crippen LogP contribution in [0.15, 0.2) is 0 Å². The molecule has 25 heavy (non-hydrogen) atoms. The summed E-state index contributed by atoms with van der Waals surface area (Å²) in [6.07, 6.45) is 14.7. The number of nitrogens with one attached hydrogen (secondary N) is 1. The number of carboxylic acid groups (broad SMARTS) is 1. The quantitative estimate of drug-likeness (QED) is 0.135. The van der Waals surface area contributed by atoms with Crippen LogP contribution in [0.2, 0.25) is 0 Å². The predicted octanol–water partition coefficient (Wildman–Crippen LogP) is 3.70. The van der Waals surface area contributed by atoms with Crippen molar-refractivity contribution >= 4 is 18.6 Å². The number of nitrogens with two attached hydrogens (primary N) is 1. The predicted molar refractivity (Wildman–Crippen MR) is 108 cm³/mol. The van der Waals surface area contributed by atoms with Gasteiger partial charge in [-0.15, -0.1) is 0 Å². The number of carboxylic acids is 1. The Hall–Kier alpha value is -0.300. The Morgan fingerprint density at radius 1 is 0.880 bits per heavy atom. The number of carbonyl (C=O) groups is 1. The molecule has 0 saturated heterocycles. The highest BCUT2D eigenvalue weighted by Crippen LogP contribution is 2.12. The minimum atomic E-state index is -0.677. The van der Waals surface area contributed by atoms with Crippen LogP contribution in [0.5, 0.6) is 0 Å². The van der Waals surface area contributed by atoms with Crippen molar-refractivity contribution in [2.24, 2.45) is 5.73 Å². The second-order valence-corrected chi connectivity index (χ2v) is 7.41. The molecule has 0 aliphatic rings. The van der Waals surface area contributed by atoms with Crippen molar-refractivity contribution in [1.29, 1.82) is 0 Å². The van der Waals surface area contributed by atoms with Gasteiger partial charge in [-0.05, 0) is 31.6 Å². The summed E-state index contributed by atoms with van der Waals surface area (Å²) in [6, 6.07) is -0.227. The van der Waals surface area contributed by atoms with E-state index in [1.807, 2.05) is 0 Å². The van der Waals surface area contributed by atoms with Crippen LogP contribution in [0, 0.1) is 0 Å². The lowest BCUT2D eigenvalue weighted by atomic mass is 10.0. The number of hydrogen-bond donors (Lipinski definition) is 5. The number of hydrogen-bond acceptors (Lipinski definition) is 5. The molecule has 0 fully saturated rings. The Morgan fingerprint density at radius 3 is 1.76 bits per heavy atom. The molecule has 0 saturated carbocycles. The maximum absolute atomic E-state index is 10.4. The second kappa shape index (κ2) is 18.5. The molecule has 0 radical (unpaired) electrons. The van der Waals surface area contributed by atoms with Crippen LogP contribution in [0.3, 0.4) is 0 Å². The van der Waals surface area contributed by atoms with E-state index in [1.54, 1.807) is 0 Å². The largest absolute Gasteiger partial charge is 0.481 e. The monoisotopic (exact) mass is 376 g/mol. The Bertz CT molecular complexity index is 306. The summed E-state index contributed by atoms with van der Waals surface area (Å²) in [5.74, 6) is 0.0222. The molecule has 0 amide bonds. The van der Waals surface area contributed by atoms with Gasteiger partial charge in [0.05, 0.1) is 0 Å². The van der Waals surface area contributed by atoms with Gasteiger partial charge >= 0.3 is 5.97 Å². The van der Waals surface area contributed by atoms with E-state index in [1.165, 1.54) is 57.8 Å². The molecule has 2 atom stereocenters. The number of aliphatic hydroxyl groups is 1. The molecule has 6 heteroatoms. The maximum atomic E-state index is 10.4. The number of rotatable bonds is 19. The third-order valence-electron chi connectivity index (χ3n) is 4.54. The lowest BCUT2D eigenvalue weighted by Gasteiger charge is -2.19. The van der Waals surface area contributed by atoms with Crippen LogP contribution < -0.4 is 11.1 Å². The first-order chi connectivity index (χ1) is 12.1. The summed E-state index contributed by atoms with van der Waals surface area (Å²) < 4.78 is 0. The van der Waals surface area contributed by atoms with E-state index in [2.05, 4.69) is 17.9 Å². The summed E-state index contributed by atoms with van der Waals surface area (Å²) in [5, 5.41) is 21.4. The van der Waals surface area contributed by atoms with Crippen LogP contribution in [0.4, 0.5) is 0 Å². The van der Waals surface area contributed by atoms with E-state index in [0.29, 0.717) is 12.2 Å². The van der Waals surface area contributed by atoms with Gasteiger partial charge in [-0.2, -0.15) is 12.6 Å². The summed E-state index contributed by atoms with van der Waals surface area (Å²) in [4.78, 5) is 10.4. The molecule has 5 N–H and O–H groups in total. The molecule has 0 aromatic carbocycles. The van der Waals surface area contributed by atoms with Gasteiger partial charge in [0.15, 0.2) is 0 Å². The normalized spacial score (nSPS) is 13.7. The van der Waals surface area contributed by atoms with Crippen LogP contribution in [-0.2, 0) is 4.79 Å². The summed E-state index contributed by atoms with van der Waals surface area (Å²) in [6.45, 7) is 0.823. The standard InChI is InChI=1S/C19H40N2O3S/c20-17(14-16-25)19(24)21-15-12-10-8-6-4-2-1-3-5-7-9-11-13-18(22)23/h17,19,21,24-25H,1-16,20H2,(H,22,23). The van der Waals surface area contributed by atoms with Crippen molar-refractivity contribution in [3.8, 4) is 0 Å². The fourth-order valence-corrected chi connectivity index (χ4v) is 3.18. The van der Waals surface area contributed by atoms with Crippen molar-refractivity contribution in [3.63, 3.8) is 0 Å².